The molecule has 6 heteroatoms. The fourth-order valence-corrected chi connectivity index (χ4v) is 1.66. The molecule has 0 saturated carbocycles. The number of rotatable bonds is 2. The number of carboxylic acid groups (broad SMARTS) is 1. The Morgan fingerprint density at radius 2 is 2.43 bits per heavy atom. The fourth-order valence-electron chi connectivity index (χ4n) is 1.10. The molecule has 0 fully saturated rings. The lowest BCUT2D eigenvalue weighted by Gasteiger charge is -1.90. The van der Waals surface area contributed by atoms with Crippen LogP contribution in [-0.2, 0) is 0 Å². The van der Waals surface area contributed by atoms with Gasteiger partial charge in [-0.3, -0.25) is 0 Å². The molecule has 2 aromatic rings. The summed E-state index contributed by atoms with van der Waals surface area (Å²) in [5.74, 6) is -0.967. The number of carboxylic acids is 1. The van der Waals surface area contributed by atoms with Crippen LogP contribution >= 0.6 is 11.3 Å². The van der Waals surface area contributed by atoms with E-state index in [2.05, 4.69) is 10.1 Å². The summed E-state index contributed by atoms with van der Waals surface area (Å²) >= 11 is 1.41. The van der Waals surface area contributed by atoms with Crippen LogP contribution in [0, 0.1) is 6.92 Å². The highest BCUT2D eigenvalue weighted by Crippen LogP contribution is 2.13. The first-order valence-corrected chi connectivity index (χ1v) is 4.76. The molecule has 0 aliphatic heterocycles. The van der Waals surface area contributed by atoms with Crippen molar-refractivity contribution >= 4 is 17.3 Å². The van der Waals surface area contributed by atoms with Crippen LogP contribution in [0.25, 0.3) is 5.13 Å². The van der Waals surface area contributed by atoms with E-state index in [0.29, 0.717) is 10.8 Å². The molecular weight excluding hydrogens is 202 g/mol. The Morgan fingerprint density at radius 3 is 2.93 bits per heavy atom. The fraction of sp³-hybridized carbons (Fsp3) is 0.125. The minimum atomic E-state index is -0.967. The van der Waals surface area contributed by atoms with E-state index in [-0.39, 0.29) is 5.56 Å². The summed E-state index contributed by atoms with van der Waals surface area (Å²) in [6.45, 7) is 1.66. The molecule has 72 valence electrons. The smallest absolute Gasteiger partial charge is 0.339 e. The van der Waals surface area contributed by atoms with Crippen molar-refractivity contribution in [2.75, 3.05) is 0 Å². The van der Waals surface area contributed by atoms with Gasteiger partial charge in [0.1, 0.15) is 5.56 Å². The zero-order valence-corrected chi connectivity index (χ0v) is 8.15. The van der Waals surface area contributed by atoms with Gasteiger partial charge in [-0.05, 0) is 6.92 Å². The second-order valence-corrected chi connectivity index (χ2v) is 3.57. The monoisotopic (exact) mass is 209 g/mol. The highest BCUT2D eigenvalue weighted by molar-refractivity contribution is 7.12. The van der Waals surface area contributed by atoms with Crippen molar-refractivity contribution in [1.82, 2.24) is 14.8 Å². The molecule has 2 heterocycles. The Morgan fingerprint density at radius 1 is 1.64 bits per heavy atom. The average molecular weight is 209 g/mol. The number of hydrogen-bond acceptors (Lipinski definition) is 4. The number of thiazole rings is 1. The van der Waals surface area contributed by atoms with E-state index < -0.39 is 5.97 Å². The maximum atomic E-state index is 10.7. The highest BCUT2D eigenvalue weighted by atomic mass is 32.1. The zero-order chi connectivity index (χ0) is 10.1. The molecule has 0 atom stereocenters. The normalized spacial score (nSPS) is 10.4. The van der Waals surface area contributed by atoms with Crippen molar-refractivity contribution in [3.63, 3.8) is 0 Å². The van der Waals surface area contributed by atoms with Crippen molar-refractivity contribution in [3.05, 3.63) is 29.0 Å². The predicted molar refractivity (Wildman–Crippen MR) is 50.9 cm³/mol. The van der Waals surface area contributed by atoms with E-state index in [1.54, 1.807) is 13.1 Å². The lowest BCUT2D eigenvalue weighted by atomic mass is 10.3. The van der Waals surface area contributed by atoms with Crippen molar-refractivity contribution < 1.29 is 9.90 Å². The summed E-state index contributed by atoms with van der Waals surface area (Å²) in [6, 6.07) is 0. The van der Waals surface area contributed by atoms with E-state index in [4.69, 9.17) is 5.11 Å². The van der Waals surface area contributed by atoms with Crippen molar-refractivity contribution in [2.45, 2.75) is 6.92 Å². The van der Waals surface area contributed by atoms with Crippen LogP contribution in [0.4, 0.5) is 0 Å². The van der Waals surface area contributed by atoms with Gasteiger partial charge in [-0.1, -0.05) is 0 Å². The summed E-state index contributed by atoms with van der Waals surface area (Å²) in [5, 5.41) is 15.3. The first-order valence-electron chi connectivity index (χ1n) is 3.88. The van der Waals surface area contributed by atoms with Crippen LogP contribution < -0.4 is 0 Å². The number of nitrogens with zero attached hydrogens (tertiary/aromatic N) is 3. The molecule has 0 spiro atoms. The number of aromatic carboxylic acids is 1. The highest BCUT2D eigenvalue weighted by Gasteiger charge is 2.13. The van der Waals surface area contributed by atoms with Crippen LogP contribution in [0.3, 0.4) is 0 Å². The van der Waals surface area contributed by atoms with Crippen LogP contribution in [0.15, 0.2) is 17.8 Å². The van der Waals surface area contributed by atoms with Gasteiger partial charge in [-0.15, -0.1) is 11.3 Å². The number of hydrogen-bond donors (Lipinski definition) is 1. The average Bonchev–Trinajstić information content (AvgIpc) is 2.70. The predicted octanol–water partition coefficient (Wildman–Crippen LogP) is 1.34. The first kappa shape index (κ1) is 8.89. The van der Waals surface area contributed by atoms with Crippen LogP contribution in [0.5, 0.6) is 0 Å². The van der Waals surface area contributed by atoms with Gasteiger partial charge < -0.3 is 5.11 Å². The number of aryl methyl sites for hydroxylation is 1. The van der Waals surface area contributed by atoms with Gasteiger partial charge in [0.2, 0.25) is 5.13 Å². The van der Waals surface area contributed by atoms with E-state index in [9.17, 15) is 4.79 Å². The van der Waals surface area contributed by atoms with Gasteiger partial charge in [-0.25, -0.2) is 14.5 Å². The molecule has 0 amide bonds. The molecular formula is C8H7N3O2S. The maximum absolute atomic E-state index is 10.7. The van der Waals surface area contributed by atoms with Gasteiger partial charge in [0.15, 0.2) is 0 Å². The van der Waals surface area contributed by atoms with Gasteiger partial charge in [-0.2, -0.15) is 5.10 Å². The largest absolute Gasteiger partial charge is 0.478 e. The third-order valence-corrected chi connectivity index (χ3v) is 2.51. The number of carbonyl (C=O) groups is 1. The second-order valence-electron chi connectivity index (χ2n) is 2.69. The molecule has 0 aliphatic rings. The molecule has 0 radical (unpaired) electrons. The number of aromatic nitrogens is 3. The van der Waals surface area contributed by atoms with Crippen molar-refractivity contribution in [2.24, 2.45) is 0 Å². The summed E-state index contributed by atoms with van der Waals surface area (Å²) < 4.78 is 1.48. The topological polar surface area (TPSA) is 68.0 Å². The SMILES string of the molecule is Cc1nn(-c2nccs2)cc1C(=O)O. The minimum absolute atomic E-state index is 0.209. The van der Waals surface area contributed by atoms with Gasteiger partial charge >= 0.3 is 5.97 Å². The molecule has 14 heavy (non-hydrogen) atoms. The Balaban J connectivity index is 2.48. The van der Waals surface area contributed by atoms with E-state index in [1.165, 1.54) is 22.2 Å². The molecule has 5 nitrogen and oxygen atoms in total. The van der Waals surface area contributed by atoms with Crippen molar-refractivity contribution in [1.29, 1.82) is 0 Å². The molecule has 2 rings (SSSR count). The van der Waals surface area contributed by atoms with Crippen LogP contribution in [0.2, 0.25) is 0 Å². The van der Waals surface area contributed by atoms with Crippen LogP contribution in [-0.4, -0.2) is 25.8 Å². The summed E-state index contributed by atoms with van der Waals surface area (Å²) in [5.41, 5.74) is 0.702. The summed E-state index contributed by atoms with van der Waals surface area (Å²) in [4.78, 5) is 14.8. The van der Waals surface area contributed by atoms with Gasteiger partial charge in [0.05, 0.1) is 5.69 Å². The first-order chi connectivity index (χ1) is 6.68. The lowest BCUT2D eigenvalue weighted by molar-refractivity contribution is 0.0696. The minimum Gasteiger partial charge on any atom is -0.478 e. The second kappa shape index (κ2) is 3.22. The van der Waals surface area contributed by atoms with E-state index >= 15 is 0 Å². The Kier molecular flexibility index (Phi) is 2.05. The van der Waals surface area contributed by atoms with Crippen LogP contribution in [0.1, 0.15) is 16.1 Å². The molecule has 0 aromatic carbocycles. The molecule has 0 saturated heterocycles. The summed E-state index contributed by atoms with van der Waals surface area (Å²) in [7, 11) is 0. The third-order valence-electron chi connectivity index (χ3n) is 1.74. The quantitative estimate of drug-likeness (QED) is 0.810. The Labute approximate surface area is 83.6 Å². The Hall–Kier alpha value is -1.69. The molecule has 0 bridgehead atoms. The standard InChI is InChI=1S/C8H7N3O2S/c1-5-6(7(12)13)4-11(10-5)8-9-2-3-14-8/h2-4H,1H3,(H,12,13). The van der Waals surface area contributed by atoms with Crippen molar-refractivity contribution in [3.8, 4) is 5.13 Å². The molecule has 1 N–H and O–H groups in total. The van der Waals surface area contributed by atoms with Gasteiger partial charge in [0, 0.05) is 17.8 Å². The maximum Gasteiger partial charge on any atom is 0.339 e. The molecule has 2 aromatic heterocycles. The lowest BCUT2D eigenvalue weighted by Crippen LogP contribution is -1.95. The summed E-state index contributed by atoms with van der Waals surface area (Å²) in [6.07, 6.45) is 3.12. The zero-order valence-electron chi connectivity index (χ0n) is 7.34. The molecule has 0 unspecified atom stereocenters. The van der Waals surface area contributed by atoms with E-state index in [1.807, 2.05) is 5.38 Å². The Bertz CT molecular complexity index is 461. The third kappa shape index (κ3) is 1.39. The van der Waals surface area contributed by atoms with E-state index in [0.717, 1.165) is 0 Å². The molecule has 0 aliphatic carbocycles. The van der Waals surface area contributed by atoms with Gasteiger partial charge in [0.25, 0.3) is 0 Å².